The topological polar surface area (TPSA) is 26.3 Å². The zero-order valence-electron chi connectivity index (χ0n) is 14.4. The maximum Gasteiger partial charge on any atom is 0.163 e. The molecule has 0 spiro atoms. The first-order valence-corrected chi connectivity index (χ1v) is 8.89. The molecule has 0 atom stereocenters. The Kier molecular flexibility index (Phi) is 7.12. The van der Waals surface area contributed by atoms with Gasteiger partial charge in [0.1, 0.15) is 5.75 Å². The normalized spacial score (nSPS) is 10.9. The van der Waals surface area contributed by atoms with Crippen LogP contribution in [0, 0.1) is 0 Å². The van der Waals surface area contributed by atoms with Crippen LogP contribution in [-0.4, -0.2) is 12.4 Å². The monoisotopic (exact) mass is 312 g/mol. The number of hydrogen-bond acceptors (Lipinski definition) is 2. The molecule has 23 heavy (non-hydrogen) atoms. The predicted octanol–water partition coefficient (Wildman–Crippen LogP) is 6.17. The van der Waals surface area contributed by atoms with E-state index in [1.165, 1.54) is 38.5 Å². The number of ether oxygens (including phenoxy) is 1. The van der Waals surface area contributed by atoms with Crippen molar-refractivity contribution in [1.29, 1.82) is 0 Å². The average Bonchev–Trinajstić information content (AvgIpc) is 2.56. The minimum absolute atomic E-state index is 0.0605. The molecule has 0 aliphatic rings. The molecule has 0 N–H and O–H groups in total. The molecule has 0 amide bonds. The molecule has 0 bridgehead atoms. The zero-order valence-corrected chi connectivity index (χ0v) is 14.4. The number of rotatable bonds is 10. The van der Waals surface area contributed by atoms with E-state index in [0.717, 1.165) is 22.9 Å². The van der Waals surface area contributed by atoms with Gasteiger partial charge in [-0.1, -0.05) is 69.7 Å². The van der Waals surface area contributed by atoms with E-state index in [4.69, 9.17) is 4.74 Å². The van der Waals surface area contributed by atoms with Crippen molar-refractivity contribution < 1.29 is 9.53 Å². The standard InChI is InChI=1S/C21H28O2/c1-3-4-5-6-7-8-11-14-23-21-16-19-13-10-9-12-18(19)15-20(21)17(2)22/h9-10,12-13,15-16H,3-8,11,14H2,1-2H3. The molecule has 2 rings (SSSR count). The fourth-order valence-corrected chi connectivity index (χ4v) is 2.86. The molecule has 0 heterocycles. The highest BCUT2D eigenvalue weighted by Crippen LogP contribution is 2.26. The SMILES string of the molecule is CCCCCCCCCOc1cc2ccccc2cc1C(C)=O. The van der Waals surface area contributed by atoms with Crippen molar-refractivity contribution in [3.63, 3.8) is 0 Å². The highest BCUT2D eigenvalue weighted by atomic mass is 16.5. The summed E-state index contributed by atoms with van der Waals surface area (Å²) in [5.74, 6) is 0.785. The zero-order chi connectivity index (χ0) is 16.5. The molecule has 0 saturated carbocycles. The van der Waals surface area contributed by atoms with Crippen LogP contribution in [0.15, 0.2) is 36.4 Å². The average molecular weight is 312 g/mol. The lowest BCUT2D eigenvalue weighted by Crippen LogP contribution is -2.03. The van der Waals surface area contributed by atoms with Gasteiger partial charge in [-0.25, -0.2) is 0 Å². The van der Waals surface area contributed by atoms with Crippen molar-refractivity contribution in [2.24, 2.45) is 0 Å². The van der Waals surface area contributed by atoms with Gasteiger partial charge in [0, 0.05) is 0 Å². The van der Waals surface area contributed by atoms with Crippen molar-refractivity contribution in [1.82, 2.24) is 0 Å². The van der Waals surface area contributed by atoms with E-state index in [9.17, 15) is 4.79 Å². The second-order valence-electron chi connectivity index (χ2n) is 6.22. The Morgan fingerprint density at radius 2 is 1.52 bits per heavy atom. The van der Waals surface area contributed by atoms with E-state index in [-0.39, 0.29) is 5.78 Å². The lowest BCUT2D eigenvalue weighted by Gasteiger charge is -2.11. The molecule has 0 aliphatic carbocycles. The number of Topliss-reactive ketones (excluding diaryl/α,β-unsaturated/α-hetero) is 1. The molecule has 0 saturated heterocycles. The van der Waals surface area contributed by atoms with Crippen LogP contribution in [0.5, 0.6) is 5.75 Å². The Morgan fingerprint density at radius 3 is 2.17 bits per heavy atom. The second kappa shape index (κ2) is 9.34. The lowest BCUT2D eigenvalue weighted by atomic mass is 10.0. The first-order valence-electron chi connectivity index (χ1n) is 8.89. The first-order chi connectivity index (χ1) is 11.2. The highest BCUT2D eigenvalue weighted by molar-refractivity contribution is 6.01. The summed E-state index contributed by atoms with van der Waals surface area (Å²) in [6, 6.07) is 12.0. The summed E-state index contributed by atoms with van der Waals surface area (Å²) in [7, 11) is 0. The third-order valence-electron chi connectivity index (χ3n) is 4.23. The smallest absolute Gasteiger partial charge is 0.163 e. The third kappa shape index (κ3) is 5.38. The van der Waals surface area contributed by atoms with Crippen LogP contribution < -0.4 is 4.74 Å². The van der Waals surface area contributed by atoms with E-state index in [1.807, 2.05) is 30.3 Å². The van der Waals surface area contributed by atoms with Gasteiger partial charge < -0.3 is 4.74 Å². The van der Waals surface area contributed by atoms with Gasteiger partial charge in [-0.2, -0.15) is 0 Å². The minimum atomic E-state index is 0.0605. The van der Waals surface area contributed by atoms with Gasteiger partial charge in [-0.3, -0.25) is 4.79 Å². The maximum atomic E-state index is 11.9. The van der Waals surface area contributed by atoms with Crippen LogP contribution in [-0.2, 0) is 0 Å². The Labute approximate surface area is 139 Å². The first kappa shape index (κ1) is 17.5. The van der Waals surface area contributed by atoms with Gasteiger partial charge in [0.05, 0.1) is 12.2 Å². The number of unbranched alkanes of at least 4 members (excludes halogenated alkanes) is 6. The third-order valence-corrected chi connectivity index (χ3v) is 4.23. The Bertz CT molecular complexity index is 631. The van der Waals surface area contributed by atoms with Crippen LogP contribution in [0.3, 0.4) is 0 Å². The Hall–Kier alpha value is -1.83. The fourth-order valence-electron chi connectivity index (χ4n) is 2.86. The minimum Gasteiger partial charge on any atom is -0.493 e. The molecule has 0 radical (unpaired) electrons. The van der Waals surface area contributed by atoms with Crippen LogP contribution in [0.25, 0.3) is 10.8 Å². The van der Waals surface area contributed by atoms with Crippen molar-refractivity contribution >= 4 is 16.6 Å². The van der Waals surface area contributed by atoms with Gasteiger partial charge in [0.25, 0.3) is 0 Å². The molecule has 0 aromatic heterocycles. The summed E-state index contributed by atoms with van der Waals surface area (Å²) in [5.41, 5.74) is 0.687. The van der Waals surface area contributed by atoms with Gasteiger partial charge >= 0.3 is 0 Å². The van der Waals surface area contributed by atoms with Crippen molar-refractivity contribution in [3.8, 4) is 5.75 Å². The number of benzene rings is 2. The molecule has 124 valence electrons. The van der Waals surface area contributed by atoms with E-state index in [1.54, 1.807) is 6.92 Å². The van der Waals surface area contributed by atoms with Crippen LogP contribution >= 0.6 is 0 Å². The number of fused-ring (bicyclic) bond motifs is 1. The highest BCUT2D eigenvalue weighted by Gasteiger charge is 2.10. The van der Waals surface area contributed by atoms with Gasteiger partial charge in [-0.15, -0.1) is 0 Å². The van der Waals surface area contributed by atoms with Gasteiger partial charge in [0.2, 0.25) is 0 Å². The largest absolute Gasteiger partial charge is 0.493 e. The molecule has 2 nitrogen and oxygen atoms in total. The molecular formula is C21H28O2. The molecule has 2 aromatic rings. The lowest BCUT2D eigenvalue weighted by molar-refractivity contribution is 0.101. The van der Waals surface area contributed by atoms with E-state index in [0.29, 0.717) is 12.2 Å². The van der Waals surface area contributed by atoms with Crippen LogP contribution in [0.2, 0.25) is 0 Å². The quantitative estimate of drug-likeness (QED) is 0.387. The van der Waals surface area contributed by atoms with Crippen molar-refractivity contribution in [2.45, 2.75) is 58.8 Å². The summed E-state index contributed by atoms with van der Waals surface area (Å²) < 4.78 is 5.91. The Balaban J connectivity index is 1.89. The molecular weight excluding hydrogens is 284 g/mol. The molecule has 2 heteroatoms. The predicted molar refractivity (Wildman–Crippen MR) is 97.4 cm³/mol. The molecule has 2 aromatic carbocycles. The van der Waals surface area contributed by atoms with Crippen molar-refractivity contribution in [3.05, 3.63) is 42.0 Å². The summed E-state index contributed by atoms with van der Waals surface area (Å²) in [4.78, 5) is 11.9. The summed E-state index contributed by atoms with van der Waals surface area (Å²) in [5, 5.41) is 2.20. The maximum absolute atomic E-state index is 11.9. The summed E-state index contributed by atoms with van der Waals surface area (Å²) >= 11 is 0. The van der Waals surface area contributed by atoms with Crippen LogP contribution in [0.4, 0.5) is 0 Å². The fraction of sp³-hybridized carbons (Fsp3) is 0.476. The van der Waals surface area contributed by atoms with E-state index >= 15 is 0 Å². The van der Waals surface area contributed by atoms with Crippen LogP contribution in [0.1, 0.15) is 69.2 Å². The van der Waals surface area contributed by atoms with Crippen molar-refractivity contribution in [2.75, 3.05) is 6.61 Å². The second-order valence-corrected chi connectivity index (χ2v) is 6.22. The summed E-state index contributed by atoms with van der Waals surface area (Å²) in [6.45, 7) is 4.53. The summed E-state index contributed by atoms with van der Waals surface area (Å²) in [6.07, 6.45) is 8.83. The number of carbonyl (C=O) groups is 1. The van der Waals surface area contributed by atoms with E-state index in [2.05, 4.69) is 13.0 Å². The van der Waals surface area contributed by atoms with Gasteiger partial charge in [0.15, 0.2) is 5.78 Å². The van der Waals surface area contributed by atoms with Gasteiger partial charge in [-0.05, 0) is 36.2 Å². The van der Waals surface area contributed by atoms with E-state index < -0.39 is 0 Å². The molecule has 0 aliphatic heterocycles. The molecule has 0 unspecified atom stereocenters. The number of carbonyl (C=O) groups excluding carboxylic acids is 1. The Morgan fingerprint density at radius 1 is 0.913 bits per heavy atom. The number of hydrogen-bond donors (Lipinski definition) is 0. The number of ketones is 1. The molecule has 0 fully saturated rings.